The van der Waals surface area contributed by atoms with Crippen LogP contribution in [0.15, 0.2) is 46.9 Å². The van der Waals surface area contributed by atoms with Gasteiger partial charge in [0.15, 0.2) is 0 Å². The Morgan fingerprint density at radius 2 is 1.92 bits per heavy atom. The van der Waals surface area contributed by atoms with E-state index >= 15 is 0 Å². The van der Waals surface area contributed by atoms with Crippen LogP contribution >= 0.6 is 0 Å². The lowest BCUT2D eigenvalue weighted by atomic mass is 10.0. The zero-order chi connectivity index (χ0) is 18.7. The highest BCUT2D eigenvalue weighted by Gasteiger charge is 2.16. The Balaban J connectivity index is 2.01. The van der Waals surface area contributed by atoms with Crippen molar-refractivity contribution in [1.29, 1.82) is 0 Å². The van der Waals surface area contributed by atoms with E-state index in [0.717, 1.165) is 0 Å². The molecule has 4 nitrogen and oxygen atoms in total. The largest absolute Gasteiger partial charge is 0.462 e. The second kappa shape index (κ2) is 7.60. The van der Waals surface area contributed by atoms with Crippen molar-refractivity contribution in [2.24, 2.45) is 0 Å². The molecule has 2 radical (unpaired) electrons. The summed E-state index contributed by atoms with van der Waals surface area (Å²) in [7, 11) is 5.61. The predicted molar refractivity (Wildman–Crippen MR) is 93.1 cm³/mol. The van der Waals surface area contributed by atoms with E-state index in [2.05, 4.69) is 0 Å². The molecule has 0 saturated carbocycles. The third-order valence-corrected chi connectivity index (χ3v) is 3.72. The molecule has 0 saturated heterocycles. The average molecular weight is 356 g/mol. The summed E-state index contributed by atoms with van der Waals surface area (Å²) >= 11 is 0. The number of halogens is 2. The van der Waals surface area contributed by atoms with E-state index in [0.29, 0.717) is 28.2 Å². The number of benzene rings is 2. The Hall–Kier alpha value is -2.83. The fourth-order valence-corrected chi connectivity index (χ4v) is 2.49. The van der Waals surface area contributed by atoms with Crippen molar-refractivity contribution in [2.75, 3.05) is 6.61 Å². The molecule has 0 aliphatic carbocycles. The second-order valence-corrected chi connectivity index (χ2v) is 5.50. The minimum Gasteiger partial charge on any atom is -0.462 e. The van der Waals surface area contributed by atoms with E-state index < -0.39 is 12.4 Å². The van der Waals surface area contributed by atoms with Crippen LogP contribution in [0.25, 0.3) is 11.0 Å². The molecule has 1 aromatic heterocycles. The smallest absolute Gasteiger partial charge is 0.338 e. The highest BCUT2D eigenvalue weighted by atomic mass is 19.3. The molecule has 3 rings (SSSR count). The minimum atomic E-state index is -2.55. The summed E-state index contributed by atoms with van der Waals surface area (Å²) < 4.78 is 41.8. The van der Waals surface area contributed by atoms with Gasteiger partial charge in [-0.1, -0.05) is 0 Å². The number of rotatable bonds is 6. The first-order valence-corrected chi connectivity index (χ1v) is 8.01. The van der Waals surface area contributed by atoms with Gasteiger partial charge in [0.1, 0.15) is 17.1 Å². The average Bonchev–Trinajstić information content (AvgIpc) is 3.06. The second-order valence-electron chi connectivity index (χ2n) is 5.50. The van der Waals surface area contributed by atoms with E-state index in [4.69, 9.17) is 21.7 Å². The Labute approximate surface area is 150 Å². The monoisotopic (exact) mass is 356 g/mol. The molecular weight excluding hydrogens is 341 g/mol. The predicted octanol–water partition coefficient (Wildman–Crippen LogP) is 5.01. The van der Waals surface area contributed by atoms with Gasteiger partial charge in [0.25, 0.3) is 6.43 Å². The number of carbonyl (C=O) groups is 1. The highest BCUT2D eigenvalue weighted by Crippen LogP contribution is 2.34. The van der Waals surface area contributed by atoms with Gasteiger partial charge in [-0.2, -0.15) is 0 Å². The van der Waals surface area contributed by atoms with Crippen LogP contribution in [-0.4, -0.2) is 20.4 Å². The molecule has 0 amide bonds. The van der Waals surface area contributed by atoms with Crippen LogP contribution in [0.5, 0.6) is 11.5 Å². The van der Waals surface area contributed by atoms with Crippen molar-refractivity contribution < 1.29 is 27.5 Å². The standard InChI is InChI=1S/C19H15BF2O4/c1-2-24-19(23)12-7-16(15-9-14(10-20)26-17(15)8-12)25-13-5-3-11(4-6-13)18(21)22/h3-9,18H,2,10H2,1H3. The number of ether oxygens (including phenoxy) is 2. The lowest BCUT2D eigenvalue weighted by Crippen LogP contribution is -2.04. The van der Waals surface area contributed by atoms with Crippen molar-refractivity contribution in [3.8, 4) is 11.5 Å². The van der Waals surface area contributed by atoms with E-state index in [1.807, 2.05) is 0 Å². The highest BCUT2D eigenvalue weighted by molar-refractivity contribution is 6.08. The maximum atomic E-state index is 12.7. The van der Waals surface area contributed by atoms with E-state index in [1.165, 1.54) is 30.3 Å². The third kappa shape index (κ3) is 3.71. The lowest BCUT2D eigenvalue weighted by molar-refractivity contribution is 0.0526. The van der Waals surface area contributed by atoms with E-state index in [-0.39, 0.29) is 24.1 Å². The molecule has 0 fully saturated rings. The summed E-state index contributed by atoms with van der Waals surface area (Å²) in [6.07, 6.45) is -2.37. The zero-order valence-electron chi connectivity index (χ0n) is 14.0. The molecule has 132 valence electrons. The summed E-state index contributed by atoms with van der Waals surface area (Å²) in [4.78, 5) is 12.1. The van der Waals surface area contributed by atoms with Gasteiger partial charge >= 0.3 is 5.97 Å². The number of hydrogen-bond donors (Lipinski definition) is 0. The van der Waals surface area contributed by atoms with Crippen molar-refractivity contribution in [1.82, 2.24) is 0 Å². The quantitative estimate of drug-likeness (QED) is 0.460. The van der Waals surface area contributed by atoms with E-state index in [9.17, 15) is 13.6 Å². The normalized spacial score (nSPS) is 11.1. The van der Waals surface area contributed by atoms with Gasteiger partial charge < -0.3 is 13.9 Å². The van der Waals surface area contributed by atoms with Crippen LogP contribution in [0.2, 0.25) is 0 Å². The fraction of sp³-hybridized carbons (Fsp3) is 0.211. The summed E-state index contributed by atoms with van der Waals surface area (Å²) in [5, 5.41) is 0.622. The summed E-state index contributed by atoms with van der Waals surface area (Å²) in [6.45, 7) is 1.94. The van der Waals surface area contributed by atoms with Crippen LogP contribution in [0.3, 0.4) is 0 Å². The van der Waals surface area contributed by atoms with Crippen molar-refractivity contribution in [2.45, 2.75) is 19.7 Å². The van der Waals surface area contributed by atoms with Crippen molar-refractivity contribution in [3.63, 3.8) is 0 Å². The molecule has 0 aliphatic heterocycles. The molecule has 0 N–H and O–H groups in total. The number of carbonyl (C=O) groups excluding carboxylic acids is 1. The Kier molecular flexibility index (Phi) is 5.25. The summed E-state index contributed by atoms with van der Waals surface area (Å²) in [5.41, 5.74) is 0.586. The van der Waals surface area contributed by atoms with Gasteiger partial charge in [0.05, 0.1) is 31.2 Å². The molecule has 0 bridgehead atoms. The maximum absolute atomic E-state index is 12.7. The van der Waals surface area contributed by atoms with Gasteiger partial charge in [-0.25, -0.2) is 13.6 Å². The van der Waals surface area contributed by atoms with Crippen LogP contribution in [0, 0.1) is 0 Å². The first kappa shape index (κ1) is 18.0. The van der Waals surface area contributed by atoms with Gasteiger partial charge in [0, 0.05) is 5.56 Å². The van der Waals surface area contributed by atoms with Crippen LogP contribution < -0.4 is 4.74 Å². The molecule has 26 heavy (non-hydrogen) atoms. The fourth-order valence-electron chi connectivity index (χ4n) is 2.49. The molecule has 3 aromatic rings. The summed E-state index contributed by atoms with van der Waals surface area (Å²) in [5.74, 6) is 0.711. The molecule has 2 aromatic carbocycles. The van der Waals surface area contributed by atoms with Crippen LogP contribution in [-0.2, 0) is 11.1 Å². The number of furan rings is 1. The van der Waals surface area contributed by atoms with Crippen LogP contribution in [0.4, 0.5) is 8.78 Å². The van der Waals surface area contributed by atoms with Gasteiger partial charge in [-0.05, 0) is 55.7 Å². The van der Waals surface area contributed by atoms with Gasteiger partial charge in [0.2, 0.25) is 0 Å². The molecular formula is C19H15BF2O4. The number of hydrogen-bond acceptors (Lipinski definition) is 4. The lowest BCUT2D eigenvalue weighted by Gasteiger charge is -2.09. The Morgan fingerprint density at radius 1 is 1.19 bits per heavy atom. The maximum Gasteiger partial charge on any atom is 0.338 e. The molecule has 7 heteroatoms. The van der Waals surface area contributed by atoms with Gasteiger partial charge in [-0.3, -0.25) is 0 Å². The summed E-state index contributed by atoms with van der Waals surface area (Å²) in [6, 6.07) is 10.2. The first-order chi connectivity index (χ1) is 12.5. The molecule has 0 spiro atoms. The van der Waals surface area contributed by atoms with E-state index in [1.54, 1.807) is 19.1 Å². The third-order valence-electron chi connectivity index (χ3n) is 3.72. The SMILES string of the molecule is [B]Cc1cc2c(Oc3ccc(C(F)F)cc3)cc(C(=O)OCC)cc2o1. The Bertz CT molecular complexity index is 919. The minimum absolute atomic E-state index is 0.100. The topological polar surface area (TPSA) is 48.7 Å². The Morgan fingerprint density at radius 3 is 2.54 bits per heavy atom. The van der Waals surface area contributed by atoms with Gasteiger partial charge in [-0.15, -0.1) is 0 Å². The molecule has 1 heterocycles. The van der Waals surface area contributed by atoms with Crippen molar-refractivity contribution in [3.05, 3.63) is 59.4 Å². The molecule has 0 unspecified atom stereocenters. The van der Waals surface area contributed by atoms with Crippen molar-refractivity contribution >= 4 is 24.8 Å². The zero-order valence-corrected chi connectivity index (χ0v) is 14.0. The molecule has 0 atom stereocenters. The number of esters is 1. The molecule has 0 aliphatic rings. The van der Waals surface area contributed by atoms with Crippen LogP contribution in [0.1, 0.15) is 35.0 Å². The first-order valence-electron chi connectivity index (χ1n) is 8.01. The number of fused-ring (bicyclic) bond motifs is 1. The number of alkyl halides is 2.